The molecule has 0 spiro atoms. The van der Waals surface area contributed by atoms with Gasteiger partial charge in [0.1, 0.15) is 6.10 Å². The standard InChI is InChI=1S/C15H22O4/c1-11(9-16)13-6-3-7-14(15(13)17-2)19-12-5-4-8-18-10-12/h3,6-7,11-12,16H,4-5,8-10H2,1-2H3. The maximum Gasteiger partial charge on any atom is 0.164 e. The highest BCUT2D eigenvalue weighted by molar-refractivity contribution is 5.48. The quantitative estimate of drug-likeness (QED) is 0.888. The van der Waals surface area contributed by atoms with Crippen molar-refractivity contribution >= 4 is 0 Å². The molecule has 2 unspecified atom stereocenters. The summed E-state index contributed by atoms with van der Waals surface area (Å²) in [5.74, 6) is 1.48. The normalized spacial score (nSPS) is 20.9. The molecule has 1 aliphatic heterocycles. The van der Waals surface area contributed by atoms with Gasteiger partial charge >= 0.3 is 0 Å². The first-order valence-corrected chi connectivity index (χ1v) is 6.78. The molecule has 1 aromatic carbocycles. The molecule has 4 nitrogen and oxygen atoms in total. The van der Waals surface area contributed by atoms with Gasteiger partial charge in [0.2, 0.25) is 0 Å². The Labute approximate surface area is 114 Å². The van der Waals surface area contributed by atoms with E-state index in [4.69, 9.17) is 14.2 Å². The third-order valence-corrected chi connectivity index (χ3v) is 3.43. The van der Waals surface area contributed by atoms with Crippen LogP contribution in [0.3, 0.4) is 0 Å². The van der Waals surface area contributed by atoms with E-state index in [1.165, 1.54) is 0 Å². The minimum atomic E-state index is 0.0288. The highest BCUT2D eigenvalue weighted by Crippen LogP contribution is 2.36. The molecule has 0 aromatic heterocycles. The predicted molar refractivity (Wildman–Crippen MR) is 73.0 cm³/mol. The second-order valence-electron chi connectivity index (χ2n) is 4.92. The second kappa shape index (κ2) is 6.78. The first-order chi connectivity index (χ1) is 9.26. The molecule has 0 radical (unpaired) electrons. The fourth-order valence-corrected chi connectivity index (χ4v) is 2.31. The van der Waals surface area contributed by atoms with E-state index in [1.807, 2.05) is 25.1 Å². The Morgan fingerprint density at radius 2 is 2.32 bits per heavy atom. The van der Waals surface area contributed by atoms with Crippen LogP contribution in [0.25, 0.3) is 0 Å². The van der Waals surface area contributed by atoms with E-state index in [9.17, 15) is 5.11 Å². The molecule has 0 bridgehead atoms. The first kappa shape index (κ1) is 14.2. The number of para-hydroxylation sites is 1. The molecular weight excluding hydrogens is 244 g/mol. The van der Waals surface area contributed by atoms with E-state index < -0.39 is 0 Å². The van der Waals surface area contributed by atoms with Gasteiger partial charge in [-0.3, -0.25) is 0 Å². The number of aliphatic hydroxyl groups excluding tert-OH is 1. The van der Waals surface area contributed by atoms with Crippen LogP contribution in [0.5, 0.6) is 11.5 Å². The zero-order chi connectivity index (χ0) is 13.7. The Morgan fingerprint density at radius 3 is 2.95 bits per heavy atom. The van der Waals surface area contributed by atoms with Gasteiger partial charge in [-0.05, 0) is 18.9 Å². The van der Waals surface area contributed by atoms with Crippen molar-refractivity contribution in [3.8, 4) is 11.5 Å². The average molecular weight is 266 g/mol. The van der Waals surface area contributed by atoms with Gasteiger partial charge in [0.05, 0.1) is 13.7 Å². The number of aliphatic hydroxyl groups is 1. The molecule has 0 saturated carbocycles. The maximum atomic E-state index is 9.30. The van der Waals surface area contributed by atoms with Crippen LogP contribution in [0.15, 0.2) is 18.2 Å². The fraction of sp³-hybridized carbons (Fsp3) is 0.600. The molecule has 19 heavy (non-hydrogen) atoms. The van der Waals surface area contributed by atoms with E-state index in [0.717, 1.165) is 36.5 Å². The van der Waals surface area contributed by atoms with Gasteiger partial charge in [0, 0.05) is 24.7 Å². The molecule has 1 N–H and O–H groups in total. The molecule has 2 rings (SSSR count). The van der Waals surface area contributed by atoms with Gasteiger partial charge in [-0.1, -0.05) is 19.1 Å². The van der Waals surface area contributed by atoms with E-state index >= 15 is 0 Å². The average Bonchev–Trinajstić information content (AvgIpc) is 2.47. The lowest BCUT2D eigenvalue weighted by molar-refractivity contribution is 0.00636. The minimum Gasteiger partial charge on any atom is -0.493 e. The van der Waals surface area contributed by atoms with Gasteiger partial charge < -0.3 is 19.3 Å². The molecule has 1 aliphatic rings. The summed E-state index contributed by atoms with van der Waals surface area (Å²) in [6.45, 7) is 3.50. The lowest BCUT2D eigenvalue weighted by Crippen LogP contribution is -2.28. The predicted octanol–water partition coefficient (Wildman–Crippen LogP) is 2.35. The number of benzene rings is 1. The fourth-order valence-electron chi connectivity index (χ4n) is 2.31. The van der Waals surface area contributed by atoms with Crippen molar-refractivity contribution in [1.29, 1.82) is 0 Å². The highest BCUT2D eigenvalue weighted by atomic mass is 16.5. The van der Waals surface area contributed by atoms with Crippen LogP contribution >= 0.6 is 0 Å². The Morgan fingerprint density at radius 1 is 1.47 bits per heavy atom. The highest BCUT2D eigenvalue weighted by Gasteiger charge is 2.20. The van der Waals surface area contributed by atoms with Gasteiger partial charge in [-0.2, -0.15) is 0 Å². The molecule has 1 aromatic rings. The summed E-state index contributed by atoms with van der Waals surface area (Å²) in [4.78, 5) is 0. The van der Waals surface area contributed by atoms with E-state index in [2.05, 4.69) is 0 Å². The Bertz CT molecular complexity index is 399. The maximum absolute atomic E-state index is 9.30. The van der Waals surface area contributed by atoms with Crippen LogP contribution in [0.2, 0.25) is 0 Å². The lowest BCUT2D eigenvalue weighted by Gasteiger charge is -2.25. The summed E-state index contributed by atoms with van der Waals surface area (Å²) in [5.41, 5.74) is 0.972. The summed E-state index contributed by atoms with van der Waals surface area (Å²) in [7, 11) is 1.63. The monoisotopic (exact) mass is 266 g/mol. The molecule has 1 saturated heterocycles. The second-order valence-corrected chi connectivity index (χ2v) is 4.92. The van der Waals surface area contributed by atoms with E-state index in [0.29, 0.717) is 6.61 Å². The van der Waals surface area contributed by atoms with Crippen molar-refractivity contribution in [2.75, 3.05) is 26.9 Å². The summed E-state index contributed by atoms with van der Waals surface area (Å²) in [5, 5.41) is 9.30. The van der Waals surface area contributed by atoms with Crippen molar-refractivity contribution in [2.24, 2.45) is 0 Å². The lowest BCUT2D eigenvalue weighted by atomic mass is 10.0. The van der Waals surface area contributed by atoms with Crippen LogP contribution in [0.4, 0.5) is 0 Å². The van der Waals surface area contributed by atoms with Crippen LogP contribution in [-0.2, 0) is 4.74 Å². The van der Waals surface area contributed by atoms with Crippen molar-refractivity contribution in [3.63, 3.8) is 0 Å². The SMILES string of the molecule is COc1c(OC2CCCOC2)cccc1C(C)CO. The third-order valence-electron chi connectivity index (χ3n) is 3.43. The van der Waals surface area contributed by atoms with Gasteiger partial charge in [-0.15, -0.1) is 0 Å². The number of hydrogen-bond donors (Lipinski definition) is 1. The third kappa shape index (κ3) is 3.39. The number of hydrogen-bond acceptors (Lipinski definition) is 4. The summed E-state index contributed by atoms with van der Waals surface area (Å²) in [6.07, 6.45) is 2.12. The summed E-state index contributed by atoms with van der Waals surface area (Å²) >= 11 is 0. The van der Waals surface area contributed by atoms with Crippen LogP contribution in [-0.4, -0.2) is 38.1 Å². The zero-order valence-electron chi connectivity index (χ0n) is 11.6. The van der Waals surface area contributed by atoms with Crippen molar-refractivity contribution in [3.05, 3.63) is 23.8 Å². The molecule has 1 fully saturated rings. The van der Waals surface area contributed by atoms with Gasteiger partial charge in [0.15, 0.2) is 11.5 Å². The van der Waals surface area contributed by atoms with E-state index in [-0.39, 0.29) is 18.6 Å². The zero-order valence-corrected chi connectivity index (χ0v) is 11.6. The Kier molecular flexibility index (Phi) is 5.05. The summed E-state index contributed by atoms with van der Waals surface area (Å²) < 4.78 is 16.9. The molecule has 4 heteroatoms. The van der Waals surface area contributed by atoms with E-state index in [1.54, 1.807) is 7.11 Å². The topological polar surface area (TPSA) is 47.9 Å². The van der Waals surface area contributed by atoms with Crippen molar-refractivity contribution in [2.45, 2.75) is 31.8 Å². The van der Waals surface area contributed by atoms with Gasteiger partial charge in [-0.25, -0.2) is 0 Å². The molecule has 0 aliphatic carbocycles. The molecular formula is C15H22O4. The molecule has 106 valence electrons. The van der Waals surface area contributed by atoms with Gasteiger partial charge in [0.25, 0.3) is 0 Å². The summed E-state index contributed by atoms with van der Waals surface area (Å²) in [6, 6.07) is 5.80. The van der Waals surface area contributed by atoms with Crippen LogP contribution in [0.1, 0.15) is 31.2 Å². The Balaban J connectivity index is 2.19. The minimum absolute atomic E-state index is 0.0288. The largest absolute Gasteiger partial charge is 0.493 e. The molecule has 2 atom stereocenters. The van der Waals surface area contributed by atoms with Crippen LogP contribution < -0.4 is 9.47 Å². The van der Waals surface area contributed by atoms with Crippen molar-refractivity contribution < 1.29 is 19.3 Å². The number of ether oxygens (including phenoxy) is 3. The molecule has 0 amide bonds. The van der Waals surface area contributed by atoms with Crippen molar-refractivity contribution in [1.82, 2.24) is 0 Å². The van der Waals surface area contributed by atoms with Crippen LogP contribution in [0, 0.1) is 0 Å². The number of rotatable bonds is 5. The Hall–Kier alpha value is -1.26. The molecule has 1 heterocycles. The number of methoxy groups -OCH3 is 1. The smallest absolute Gasteiger partial charge is 0.164 e. The first-order valence-electron chi connectivity index (χ1n) is 6.78.